The standard InChI is InChI=1S/C23H19BrN2O6/c1-11-4-6-13(7-5-11)20(27)18-19(14-9-15(24)21(28)16(10-14)31-3)26(23(30)22(18)29)17-8-12(2)32-25-17/h4-10,19,27-28H,1-3H3/t19-/m1/s1. The molecule has 0 spiro atoms. The second-order valence-corrected chi connectivity index (χ2v) is 8.24. The van der Waals surface area contributed by atoms with Gasteiger partial charge in [0.15, 0.2) is 17.3 Å². The number of phenolic OH excluding ortho intramolecular Hbond substituents is 1. The van der Waals surface area contributed by atoms with Gasteiger partial charge in [0.2, 0.25) is 0 Å². The van der Waals surface area contributed by atoms with E-state index in [4.69, 9.17) is 9.26 Å². The smallest absolute Gasteiger partial charge is 0.301 e. The number of ether oxygens (including phenoxy) is 1. The fourth-order valence-corrected chi connectivity index (χ4v) is 4.08. The molecule has 2 aromatic carbocycles. The van der Waals surface area contributed by atoms with Gasteiger partial charge in [0.05, 0.1) is 23.2 Å². The van der Waals surface area contributed by atoms with Gasteiger partial charge < -0.3 is 19.5 Å². The quantitative estimate of drug-likeness (QED) is 0.311. The number of aliphatic hydroxyl groups excluding tert-OH is 1. The first-order valence-corrected chi connectivity index (χ1v) is 10.4. The lowest BCUT2D eigenvalue weighted by Gasteiger charge is -2.23. The molecule has 4 rings (SSSR count). The second kappa shape index (κ2) is 8.16. The maximum absolute atomic E-state index is 13.1. The van der Waals surface area contributed by atoms with Crippen molar-refractivity contribution < 1.29 is 29.1 Å². The number of aromatic nitrogens is 1. The SMILES string of the molecule is COc1cc([C@@H]2C(=C(O)c3ccc(C)cc3)C(=O)C(=O)N2c2cc(C)on2)cc(Br)c1O. The van der Waals surface area contributed by atoms with Crippen LogP contribution in [0.4, 0.5) is 5.82 Å². The highest BCUT2D eigenvalue weighted by atomic mass is 79.9. The molecule has 1 aliphatic heterocycles. The summed E-state index contributed by atoms with van der Waals surface area (Å²) in [6.07, 6.45) is 0. The predicted octanol–water partition coefficient (Wildman–Crippen LogP) is 4.39. The molecule has 0 bridgehead atoms. The molecule has 1 saturated heterocycles. The Morgan fingerprint density at radius 2 is 1.84 bits per heavy atom. The molecule has 8 nitrogen and oxygen atoms in total. The van der Waals surface area contributed by atoms with E-state index in [1.165, 1.54) is 19.2 Å². The molecule has 2 N–H and O–H groups in total. The van der Waals surface area contributed by atoms with E-state index in [0.717, 1.165) is 10.5 Å². The number of phenols is 1. The summed E-state index contributed by atoms with van der Waals surface area (Å²) in [5.74, 6) is -1.48. The number of anilines is 1. The third kappa shape index (κ3) is 3.54. The summed E-state index contributed by atoms with van der Waals surface area (Å²) < 4.78 is 10.7. The minimum atomic E-state index is -1.04. The number of nitrogens with zero attached hydrogens (tertiary/aromatic N) is 2. The first-order chi connectivity index (χ1) is 15.2. The maximum atomic E-state index is 13.1. The normalized spacial score (nSPS) is 17.8. The second-order valence-electron chi connectivity index (χ2n) is 7.38. The molecule has 1 aliphatic rings. The molecule has 1 atom stereocenters. The van der Waals surface area contributed by atoms with Gasteiger partial charge in [0.25, 0.3) is 5.78 Å². The Morgan fingerprint density at radius 1 is 1.16 bits per heavy atom. The van der Waals surface area contributed by atoms with E-state index in [0.29, 0.717) is 21.4 Å². The number of aromatic hydroxyl groups is 1. The minimum Gasteiger partial charge on any atom is -0.507 e. The summed E-state index contributed by atoms with van der Waals surface area (Å²) in [6.45, 7) is 3.56. The van der Waals surface area contributed by atoms with Crippen LogP contribution in [0.1, 0.15) is 28.5 Å². The van der Waals surface area contributed by atoms with Crippen LogP contribution in [0.3, 0.4) is 0 Å². The molecule has 1 fully saturated rings. The lowest BCUT2D eigenvalue weighted by Crippen LogP contribution is -2.29. The first-order valence-electron chi connectivity index (χ1n) is 9.60. The minimum absolute atomic E-state index is 0.112. The Balaban J connectivity index is 1.99. The molecule has 2 heterocycles. The molecule has 1 aromatic heterocycles. The highest BCUT2D eigenvalue weighted by molar-refractivity contribution is 9.10. The van der Waals surface area contributed by atoms with Crippen molar-refractivity contribution in [1.29, 1.82) is 0 Å². The van der Waals surface area contributed by atoms with Crippen LogP contribution >= 0.6 is 15.9 Å². The number of hydrogen-bond acceptors (Lipinski definition) is 7. The molecule has 1 amide bonds. The Bertz CT molecular complexity index is 1260. The van der Waals surface area contributed by atoms with Gasteiger partial charge in [-0.05, 0) is 47.5 Å². The third-order valence-corrected chi connectivity index (χ3v) is 5.82. The van der Waals surface area contributed by atoms with Crippen molar-refractivity contribution in [3.05, 3.63) is 75.0 Å². The van der Waals surface area contributed by atoms with Gasteiger partial charge in [-0.2, -0.15) is 0 Å². The van der Waals surface area contributed by atoms with Crippen LogP contribution in [0, 0.1) is 13.8 Å². The topological polar surface area (TPSA) is 113 Å². The lowest BCUT2D eigenvalue weighted by atomic mass is 9.94. The van der Waals surface area contributed by atoms with Gasteiger partial charge in [-0.15, -0.1) is 0 Å². The number of aryl methyl sites for hydroxylation is 2. The number of rotatable bonds is 4. The number of hydrogen-bond donors (Lipinski definition) is 2. The summed E-state index contributed by atoms with van der Waals surface area (Å²) in [4.78, 5) is 27.3. The average Bonchev–Trinajstić information content (AvgIpc) is 3.31. The van der Waals surface area contributed by atoms with Crippen molar-refractivity contribution in [1.82, 2.24) is 5.16 Å². The van der Waals surface area contributed by atoms with Crippen molar-refractivity contribution in [2.24, 2.45) is 0 Å². The van der Waals surface area contributed by atoms with Gasteiger partial charge in [0, 0.05) is 11.6 Å². The van der Waals surface area contributed by atoms with Gasteiger partial charge in [-0.3, -0.25) is 14.5 Å². The van der Waals surface area contributed by atoms with Gasteiger partial charge in [-0.1, -0.05) is 35.0 Å². The fourth-order valence-electron chi connectivity index (χ4n) is 3.63. The number of halogens is 1. The molecule has 0 radical (unpaired) electrons. The molecule has 0 unspecified atom stereocenters. The molecule has 3 aromatic rings. The number of methoxy groups -OCH3 is 1. The van der Waals surface area contributed by atoms with Crippen LogP contribution in [0.25, 0.3) is 5.76 Å². The molecular weight excluding hydrogens is 480 g/mol. The van der Waals surface area contributed by atoms with Crippen LogP contribution in [-0.4, -0.2) is 34.2 Å². The van der Waals surface area contributed by atoms with Crippen molar-refractivity contribution in [2.45, 2.75) is 19.9 Å². The number of benzene rings is 2. The highest BCUT2D eigenvalue weighted by Gasteiger charge is 2.48. The monoisotopic (exact) mass is 498 g/mol. The summed E-state index contributed by atoms with van der Waals surface area (Å²) in [6, 6.07) is 10.5. The van der Waals surface area contributed by atoms with E-state index in [1.54, 1.807) is 37.3 Å². The number of carbonyl (C=O) groups excluding carboxylic acids is 2. The number of ketones is 1. The summed E-state index contributed by atoms with van der Waals surface area (Å²) in [5, 5.41) is 25.2. The number of aliphatic hydroxyl groups is 1. The highest BCUT2D eigenvalue weighted by Crippen LogP contribution is 2.45. The van der Waals surface area contributed by atoms with Crippen LogP contribution in [0.5, 0.6) is 11.5 Å². The average molecular weight is 499 g/mol. The van der Waals surface area contributed by atoms with E-state index >= 15 is 0 Å². The fraction of sp³-hybridized carbons (Fsp3) is 0.174. The van der Waals surface area contributed by atoms with E-state index in [1.807, 2.05) is 6.92 Å². The van der Waals surface area contributed by atoms with E-state index in [-0.39, 0.29) is 28.6 Å². The van der Waals surface area contributed by atoms with Crippen LogP contribution in [0.15, 0.2) is 57.0 Å². The van der Waals surface area contributed by atoms with E-state index < -0.39 is 17.7 Å². The van der Waals surface area contributed by atoms with Crippen molar-refractivity contribution in [2.75, 3.05) is 12.0 Å². The van der Waals surface area contributed by atoms with Gasteiger partial charge in [0.1, 0.15) is 11.5 Å². The van der Waals surface area contributed by atoms with Crippen molar-refractivity contribution in [3.8, 4) is 11.5 Å². The zero-order valence-corrected chi connectivity index (χ0v) is 19.0. The molecule has 0 aliphatic carbocycles. The summed E-state index contributed by atoms with van der Waals surface area (Å²) in [7, 11) is 1.38. The Morgan fingerprint density at radius 3 is 2.44 bits per heavy atom. The van der Waals surface area contributed by atoms with Crippen LogP contribution in [-0.2, 0) is 9.59 Å². The number of Topliss-reactive ketones (excluding diaryl/α,β-unsaturated/α-hetero) is 1. The van der Waals surface area contributed by atoms with Crippen molar-refractivity contribution in [3.63, 3.8) is 0 Å². The lowest BCUT2D eigenvalue weighted by molar-refractivity contribution is -0.132. The Hall–Kier alpha value is -3.59. The van der Waals surface area contributed by atoms with Crippen molar-refractivity contribution >= 4 is 39.2 Å². The summed E-state index contributed by atoms with van der Waals surface area (Å²) >= 11 is 3.27. The Labute approximate surface area is 191 Å². The third-order valence-electron chi connectivity index (χ3n) is 5.22. The number of carbonyl (C=O) groups is 2. The van der Waals surface area contributed by atoms with E-state index in [9.17, 15) is 19.8 Å². The predicted molar refractivity (Wildman–Crippen MR) is 120 cm³/mol. The number of amides is 1. The zero-order chi connectivity index (χ0) is 23.2. The Kier molecular flexibility index (Phi) is 5.52. The molecule has 0 saturated carbocycles. The van der Waals surface area contributed by atoms with Crippen LogP contribution < -0.4 is 9.64 Å². The first kappa shape index (κ1) is 21.6. The molecule has 32 heavy (non-hydrogen) atoms. The van der Waals surface area contributed by atoms with Gasteiger partial charge in [-0.25, -0.2) is 0 Å². The molecular formula is C23H19BrN2O6. The van der Waals surface area contributed by atoms with Gasteiger partial charge >= 0.3 is 5.91 Å². The molecule has 9 heteroatoms. The molecule has 164 valence electrons. The zero-order valence-electron chi connectivity index (χ0n) is 17.4. The largest absolute Gasteiger partial charge is 0.507 e. The van der Waals surface area contributed by atoms with Crippen LogP contribution in [0.2, 0.25) is 0 Å². The summed E-state index contributed by atoms with van der Waals surface area (Å²) in [5.41, 5.74) is 1.67. The van der Waals surface area contributed by atoms with E-state index in [2.05, 4.69) is 21.1 Å². The maximum Gasteiger partial charge on any atom is 0.301 e.